The number of nitrogens with one attached hydrogen (secondary N) is 1. The van der Waals surface area contributed by atoms with Crippen LogP contribution >= 0.6 is 0 Å². The quantitative estimate of drug-likeness (QED) is 0.430. The largest absolute Gasteiger partial charge is 0.393 e. The number of aliphatic hydroxyl groups is 1. The van der Waals surface area contributed by atoms with Gasteiger partial charge in [-0.2, -0.15) is 0 Å². The zero-order valence-corrected chi connectivity index (χ0v) is 10.0. The van der Waals surface area contributed by atoms with Gasteiger partial charge in [0.15, 0.2) is 0 Å². The number of aliphatic hydroxyl groups excluding tert-OH is 1. The second kappa shape index (κ2) is 5.22. The molecule has 0 aliphatic heterocycles. The van der Waals surface area contributed by atoms with Crippen LogP contribution in [0.1, 0.15) is 19.3 Å². The van der Waals surface area contributed by atoms with Crippen molar-refractivity contribution >= 4 is 17.1 Å². The third-order valence-electron chi connectivity index (χ3n) is 3.34. The van der Waals surface area contributed by atoms with Crippen molar-refractivity contribution in [3.8, 4) is 0 Å². The molecule has 1 aliphatic rings. The van der Waals surface area contributed by atoms with Gasteiger partial charge < -0.3 is 16.2 Å². The molecular weight excluding hydrogens is 234 g/mol. The van der Waals surface area contributed by atoms with Gasteiger partial charge in [-0.1, -0.05) is 6.07 Å². The Morgan fingerprint density at radius 2 is 2.28 bits per heavy atom. The second-order valence-corrected chi connectivity index (χ2v) is 4.71. The molecule has 2 unspecified atom stereocenters. The molecule has 1 aromatic carbocycles. The van der Waals surface area contributed by atoms with Crippen LogP contribution in [0.4, 0.5) is 17.1 Å². The summed E-state index contributed by atoms with van der Waals surface area (Å²) in [7, 11) is 0. The molecule has 0 heterocycles. The molecule has 18 heavy (non-hydrogen) atoms. The minimum atomic E-state index is -0.471. The molecule has 0 aromatic heterocycles. The first-order valence-corrected chi connectivity index (χ1v) is 6.02. The summed E-state index contributed by atoms with van der Waals surface area (Å²) >= 11 is 0. The first-order valence-electron chi connectivity index (χ1n) is 6.02. The molecule has 0 amide bonds. The third kappa shape index (κ3) is 2.70. The van der Waals surface area contributed by atoms with E-state index in [-0.39, 0.29) is 17.5 Å². The minimum absolute atomic E-state index is 0.0731. The summed E-state index contributed by atoms with van der Waals surface area (Å²) in [4.78, 5) is 10.5. The lowest BCUT2D eigenvalue weighted by Gasteiger charge is -2.12. The first-order chi connectivity index (χ1) is 8.58. The maximum Gasteiger partial charge on any atom is 0.314 e. The summed E-state index contributed by atoms with van der Waals surface area (Å²) in [5, 5.41) is 23.4. The number of anilines is 2. The summed E-state index contributed by atoms with van der Waals surface area (Å²) in [6.45, 7) is 0.626. The predicted molar refractivity (Wildman–Crippen MR) is 69.3 cm³/mol. The molecule has 0 saturated heterocycles. The van der Waals surface area contributed by atoms with Gasteiger partial charge in [0, 0.05) is 6.54 Å². The molecule has 98 valence electrons. The van der Waals surface area contributed by atoms with Crippen molar-refractivity contribution in [2.45, 2.75) is 25.4 Å². The molecule has 6 nitrogen and oxygen atoms in total. The van der Waals surface area contributed by atoms with Crippen molar-refractivity contribution in [2.75, 3.05) is 17.6 Å². The Kier molecular flexibility index (Phi) is 3.66. The maximum atomic E-state index is 10.9. The Hall–Kier alpha value is -1.82. The predicted octanol–water partition coefficient (Wildman–Crippen LogP) is 1.75. The van der Waals surface area contributed by atoms with Crippen molar-refractivity contribution < 1.29 is 10.0 Å². The highest BCUT2D eigenvalue weighted by Crippen LogP contribution is 2.32. The molecule has 0 bridgehead atoms. The number of para-hydroxylation sites is 1. The number of rotatable bonds is 4. The highest BCUT2D eigenvalue weighted by atomic mass is 16.6. The molecule has 1 aromatic rings. The van der Waals surface area contributed by atoms with Crippen LogP contribution in [0, 0.1) is 16.0 Å². The van der Waals surface area contributed by atoms with Crippen molar-refractivity contribution in [2.24, 2.45) is 5.92 Å². The normalized spacial score (nSPS) is 22.9. The van der Waals surface area contributed by atoms with Crippen LogP contribution in [0.5, 0.6) is 0 Å². The summed E-state index contributed by atoms with van der Waals surface area (Å²) in [6.07, 6.45) is 2.28. The van der Waals surface area contributed by atoms with E-state index in [0.717, 1.165) is 19.3 Å². The summed E-state index contributed by atoms with van der Waals surface area (Å²) < 4.78 is 0. The van der Waals surface area contributed by atoms with Crippen LogP contribution in [0.2, 0.25) is 0 Å². The fourth-order valence-corrected chi connectivity index (χ4v) is 2.40. The van der Waals surface area contributed by atoms with Crippen LogP contribution < -0.4 is 11.1 Å². The molecule has 1 saturated carbocycles. The lowest BCUT2D eigenvalue weighted by molar-refractivity contribution is -0.383. The lowest BCUT2D eigenvalue weighted by atomic mass is 10.1. The Labute approximate surface area is 105 Å². The van der Waals surface area contributed by atoms with E-state index in [2.05, 4.69) is 5.32 Å². The average Bonchev–Trinajstić information content (AvgIpc) is 2.72. The molecule has 6 heteroatoms. The smallest absolute Gasteiger partial charge is 0.314 e. The van der Waals surface area contributed by atoms with E-state index < -0.39 is 4.92 Å². The highest BCUT2D eigenvalue weighted by molar-refractivity contribution is 5.74. The van der Waals surface area contributed by atoms with E-state index in [1.54, 1.807) is 12.1 Å². The van der Waals surface area contributed by atoms with Crippen LogP contribution in [0.3, 0.4) is 0 Å². The highest BCUT2D eigenvalue weighted by Gasteiger charge is 2.24. The van der Waals surface area contributed by atoms with Gasteiger partial charge in [-0.25, -0.2) is 0 Å². The van der Waals surface area contributed by atoms with Gasteiger partial charge in [0.1, 0.15) is 11.4 Å². The zero-order chi connectivity index (χ0) is 13.1. The molecule has 0 spiro atoms. The van der Waals surface area contributed by atoms with E-state index in [1.165, 1.54) is 6.07 Å². The van der Waals surface area contributed by atoms with Crippen molar-refractivity contribution in [3.63, 3.8) is 0 Å². The van der Waals surface area contributed by atoms with E-state index in [4.69, 9.17) is 5.73 Å². The van der Waals surface area contributed by atoms with Crippen LogP contribution in [-0.2, 0) is 0 Å². The monoisotopic (exact) mass is 251 g/mol. The minimum Gasteiger partial charge on any atom is -0.393 e. The number of hydrogen-bond donors (Lipinski definition) is 3. The Morgan fingerprint density at radius 1 is 1.50 bits per heavy atom. The number of nitro benzene ring substituents is 1. The topological polar surface area (TPSA) is 101 Å². The number of nitro groups is 1. The molecule has 0 radical (unpaired) electrons. The SMILES string of the molecule is Nc1cccc(NCC2CCC(O)C2)c1[N+](=O)[O-]. The molecular formula is C12H17N3O3. The molecule has 2 atom stereocenters. The number of nitrogens with zero attached hydrogens (tertiary/aromatic N) is 1. The summed E-state index contributed by atoms with van der Waals surface area (Å²) in [5.74, 6) is 0.362. The van der Waals surface area contributed by atoms with Crippen molar-refractivity contribution in [1.82, 2.24) is 0 Å². The molecule has 2 rings (SSSR count). The van der Waals surface area contributed by atoms with E-state index in [0.29, 0.717) is 18.2 Å². The molecule has 1 fully saturated rings. The lowest BCUT2D eigenvalue weighted by Crippen LogP contribution is -2.13. The number of hydrogen-bond acceptors (Lipinski definition) is 5. The van der Waals surface area contributed by atoms with Gasteiger partial charge in [0.25, 0.3) is 0 Å². The number of nitrogen functional groups attached to an aromatic ring is 1. The number of benzene rings is 1. The Morgan fingerprint density at radius 3 is 2.89 bits per heavy atom. The van der Waals surface area contributed by atoms with Crippen LogP contribution in [0.25, 0.3) is 0 Å². The summed E-state index contributed by atoms with van der Waals surface area (Å²) in [6, 6.07) is 4.86. The second-order valence-electron chi connectivity index (χ2n) is 4.71. The first kappa shape index (κ1) is 12.6. The average molecular weight is 251 g/mol. The van der Waals surface area contributed by atoms with E-state index in [1.807, 2.05) is 0 Å². The third-order valence-corrected chi connectivity index (χ3v) is 3.34. The van der Waals surface area contributed by atoms with Crippen LogP contribution in [-0.4, -0.2) is 22.7 Å². The van der Waals surface area contributed by atoms with Gasteiger partial charge >= 0.3 is 5.69 Å². The van der Waals surface area contributed by atoms with Gasteiger partial charge in [-0.3, -0.25) is 10.1 Å². The number of nitrogens with two attached hydrogens (primary N) is 1. The molecule has 1 aliphatic carbocycles. The van der Waals surface area contributed by atoms with Crippen molar-refractivity contribution in [1.29, 1.82) is 0 Å². The zero-order valence-electron chi connectivity index (χ0n) is 10.0. The van der Waals surface area contributed by atoms with Crippen LogP contribution in [0.15, 0.2) is 18.2 Å². The standard InChI is InChI=1S/C12H17N3O3/c13-10-2-1-3-11(12(10)15(17)18)14-7-8-4-5-9(16)6-8/h1-3,8-9,14,16H,4-7,13H2. The fourth-order valence-electron chi connectivity index (χ4n) is 2.40. The van der Waals surface area contributed by atoms with Gasteiger partial charge in [0.2, 0.25) is 0 Å². The summed E-state index contributed by atoms with van der Waals surface area (Å²) in [5.41, 5.74) is 6.14. The van der Waals surface area contributed by atoms with Gasteiger partial charge in [-0.05, 0) is 37.3 Å². The van der Waals surface area contributed by atoms with Crippen molar-refractivity contribution in [3.05, 3.63) is 28.3 Å². The maximum absolute atomic E-state index is 10.9. The Balaban J connectivity index is 2.05. The Bertz CT molecular complexity index is 450. The van der Waals surface area contributed by atoms with Gasteiger partial charge in [0.05, 0.1) is 11.0 Å². The van der Waals surface area contributed by atoms with Gasteiger partial charge in [-0.15, -0.1) is 0 Å². The van der Waals surface area contributed by atoms with E-state index >= 15 is 0 Å². The molecule has 4 N–H and O–H groups in total. The van der Waals surface area contributed by atoms with E-state index in [9.17, 15) is 15.2 Å². The fraction of sp³-hybridized carbons (Fsp3) is 0.500.